The summed E-state index contributed by atoms with van der Waals surface area (Å²) in [6.45, 7) is 1.33. The predicted molar refractivity (Wildman–Crippen MR) is 98.8 cm³/mol. The minimum absolute atomic E-state index is 0.135. The van der Waals surface area contributed by atoms with Gasteiger partial charge in [0.05, 0.1) is 17.1 Å². The van der Waals surface area contributed by atoms with Crippen molar-refractivity contribution in [2.24, 2.45) is 7.05 Å². The van der Waals surface area contributed by atoms with Crippen LogP contribution in [0.3, 0.4) is 0 Å². The highest BCUT2D eigenvalue weighted by Crippen LogP contribution is 2.30. The first-order valence-electron chi connectivity index (χ1n) is 8.81. The van der Waals surface area contributed by atoms with Crippen LogP contribution in [-0.4, -0.2) is 43.9 Å². The minimum atomic E-state index is -4.38. The lowest BCUT2D eigenvalue weighted by atomic mass is 10.1. The molecule has 4 rings (SSSR count). The Morgan fingerprint density at radius 2 is 1.89 bits per heavy atom. The normalized spacial score (nSPS) is 15.9. The van der Waals surface area contributed by atoms with E-state index < -0.39 is 11.7 Å². The molecule has 148 valence electrons. The number of piperidine rings is 1. The lowest BCUT2D eigenvalue weighted by molar-refractivity contribution is -0.137. The van der Waals surface area contributed by atoms with Crippen LogP contribution >= 0.6 is 0 Å². The highest BCUT2D eigenvalue weighted by molar-refractivity contribution is 5.86. The fraction of sp³-hybridized carbons (Fsp3) is 0.412. The van der Waals surface area contributed by atoms with Gasteiger partial charge in [0, 0.05) is 32.4 Å². The van der Waals surface area contributed by atoms with Gasteiger partial charge in [-0.05, 0) is 25.0 Å². The van der Waals surface area contributed by atoms with Crippen molar-refractivity contribution in [3.8, 4) is 0 Å². The average molecular weight is 392 g/mol. The van der Waals surface area contributed by atoms with Crippen LogP contribution in [0.2, 0.25) is 0 Å². The average Bonchev–Trinajstić information content (AvgIpc) is 3.03. The summed E-state index contributed by atoms with van der Waals surface area (Å²) in [7, 11) is 1.79. The maximum Gasteiger partial charge on any atom is 0.417 e. The van der Waals surface area contributed by atoms with Gasteiger partial charge in [0.15, 0.2) is 5.65 Å². The van der Waals surface area contributed by atoms with Gasteiger partial charge in [0.25, 0.3) is 0 Å². The van der Waals surface area contributed by atoms with Crippen LogP contribution in [0.15, 0.2) is 24.5 Å². The first-order chi connectivity index (χ1) is 13.3. The molecule has 0 bridgehead atoms. The summed E-state index contributed by atoms with van der Waals surface area (Å²) >= 11 is 0. The minimum Gasteiger partial charge on any atom is -0.383 e. The standard InChI is InChI=1S/C17H19F3N8/c1-27-15-12(9-23-27)14(21)25-16(26-15)24-11-4-6-28(7-5-11)13-3-2-10(8-22-13)17(18,19)20/h2-3,8-9,11H,4-7H2,1H3,(H3,21,24,25,26). The van der Waals surface area contributed by atoms with E-state index in [4.69, 9.17) is 5.73 Å². The Kier molecular flexibility index (Phi) is 4.44. The molecule has 0 spiro atoms. The molecular weight excluding hydrogens is 373 g/mol. The van der Waals surface area contributed by atoms with Gasteiger partial charge in [-0.25, -0.2) is 4.98 Å². The van der Waals surface area contributed by atoms with Gasteiger partial charge < -0.3 is 16.0 Å². The van der Waals surface area contributed by atoms with Gasteiger partial charge in [-0.1, -0.05) is 0 Å². The van der Waals surface area contributed by atoms with Crippen LogP contribution in [0.25, 0.3) is 11.0 Å². The molecule has 28 heavy (non-hydrogen) atoms. The third-order valence-electron chi connectivity index (χ3n) is 4.85. The first-order valence-corrected chi connectivity index (χ1v) is 8.81. The molecule has 1 aliphatic heterocycles. The molecule has 1 saturated heterocycles. The van der Waals surface area contributed by atoms with Crippen LogP contribution < -0.4 is 16.0 Å². The van der Waals surface area contributed by atoms with Crippen molar-refractivity contribution < 1.29 is 13.2 Å². The van der Waals surface area contributed by atoms with E-state index in [9.17, 15) is 13.2 Å². The Bertz CT molecular complexity index is 974. The number of nitrogen functional groups attached to an aromatic ring is 1. The van der Waals surface area contributed by atoms with Crippen molar-refractivity contribution in [1.82, 2.24) is 24.7 Å². The van der Waals surface area contributed by atoms with Crippen LogP contribution in [0, 0.1) is 0 Å². The number of anilines is 3. The van der Waals surface area contributed by atoms with E-state index in [1.165, 1.54) is 6.07 Å². The number of rotatable bonds is 3. The number of nitrogens with one attached hydrogen (secondary N) is 1. The monoisotopic (exact) mass is 392 g/mol. The van der Waals surface area contributed by atoms with Gasteiger partial charge in [0.1, 0.15) is 11.6 Å². The van der Waals surface area contributed by atoms with Crippen molar-refractivity contribution in [2.75, 3.05) is 29.0 Å². The molecule has 8 nitrogen and oxygen atoms in total. The van der Waals surface area contributed by atoms with Gasteiger partial charge in [-0.2, -0.15) is 28.2 Å². The maximum absolute atomic E-state index is 12.7. The smallest absolute Gasteiger partial charge is 0.383 e. The van der Waals surface area contributed by atoms with E-state index in [0.717, 1.165) is 25.1 Å². The second-order valence-electron chi connectivity index (χ2n) is 6.75. The number of nitrogens with two attached hydrogens (primary N) is 1. The number of pyridine rings is 1. The summed E-state index contributed by atoms with van der Waals surface area (Å²) in [5.74, 6) is 1.36. The number of fused-ring (bicyclic) bond motifs is 1. The Morgan fingerprint density at radius 3 is 2.54 bits per heavy atom. The Hall–Kier alpha value is -3.11. The van der Waals surface area contributed by atoms with E-state index in [1.54, 1.807) is 17.9 Å². The summed E-state index contributed by atoms with van der Waals surface area (Å²) in [6.07, 6.45) is -0.326. The van der Waals surface area contributed by atoms with Crippen molar-refractivity contribution in [1.29, 1.82) is 0 Å². The van der Waals surface area contributed by atoms with Crippen molar-refractivity contribution in [3.05, 3.63) is 30.1 Å². The largest absolute Gasteiger partial charge is 0.417 e. The molecule has 4 heterocycles. The summed E-state index contributed by atoms with van der Waals surface area (Å²) < 4.78 is 39.6. The second-order valence-corrected chi connectivity index (χ2v) is 6.75. The molecule has 3 aromatic rings. The SMILES string of the molecule is Cn1ncc2c(N)nc(NC3CCN(c4ccc(C(F)(F)F)cn4)CC3)nc21. The Morgan fingerprint density at radius 1 is 1.14 bits per heavy atom. The zero-order valence-corrected chi connectivity index (χ0v) is 15.1. The molecule has 0 aromatic carbocycles. The predicted octanol–water partition coefficient (Wildman–Crippen LogP) is 2.44. The molecule has 3 aromatic heterocycles. The van der Waals surface area contributed by atoms with Crippen molar-refractivity contribution in [2.45, 2.75) is 25.1 Å². The third kappa shape index (κ3) is 3.51. The van der Waals surface area contributed by atoms with Gasteiger partial charge in [-0.3, -0.25) is 4.68 Å². The van der Waals surface area contributed by atoms with E-state index in [0.29, 0.717) is 41.7 Å². The zero-order valence-electron chi connectivity index (χ0n) is 15.1. The molecular formula is C17H19F3N8. The topological polar surface area (TPSA) is 97.8 Å². The lowest BCUT2D eigenvalue weighted by Crippen LogP contribution is -2.39. The molecule has 0 saturated carbocycles. The summed E-state index contributed by atoms with van der Waals surface area (Å²) in [5.41, 5.74) is 5.89. The van der Waals surface area contributed by atoms with Crippen LogP contribution in [-0.2, 0) is 13.2 Å². The molecule has 0 amide bonds. The molecule has 3 N–H and O–H groups in total. The third-order valence-corrected chi connectivity index (χ3v) is 4.85. The zero-order chi connectivity index (χ0) is 19.9. The van der Waals surface area contributed by atoms with Gasteiger partial charge >= 0.3 is 6.18 Å². The highest BCUT2D eigenvalue weighted by atomic mass is 19.4. The number of hydrogen-bond acceptors (Lipinski definition) is 7. The summed E-state index contributed by atoms with van der Waals surface area (Å²) in [5, 5.41) is 8.13. The van der Waals surface area contributed by atoms with Crippen LogP contribution in [0.1, 0.15) is 18.4 Å². The molecule has 11 heteroatoms. The highest BCUT2D eigenvalue weighted by Gasteiger charge is 2.31. The van der Waals surface area contributed by atoms with Crippen LogP contribution in [0.5, 0.6) is 0 Å². The number of aryl methyl sites for hydroxylation is 1. The fourth-order valence-corrected chi connectivity index (χ4v) is 3.28. The number of halogens is 3. The number of hydrogen-bond donors (Lipinski definition) is 2. The van der Waals surface area contributed by atoms with E-state index in [2.05, 4.69) is 25.4 Å². The fourth-order valence-electron chi connectivity index (χ4n) is 3.28. The number of alkyl halides is 3. The quantitative estimate of drug-likeness (QED) is 0.706. The Balaban J connectivity index is 1.40. The molecule has 0 aliphatic carbocycles. The van der Waals surface area contributed by atoms with E-state index in [1.807, 2.05) is 4.90 Å². The molecule has 1 aliphatic rings. The van der Waals surface area contributed by atoms with Crippen LogP contribution in [0.4, 0.5) is 30.8 Å². The molecule has 0 atom stereocenters. The van der Waals surface area contributed by atoms with E-state index >= 15 is 0 Å². The second kappa shape index (κ2) is 6.80. The van der Waals surface area contributed by atoms with Gasteiger partial charge in [0.2, 0.25) is 5.95 Å². The van der Waals surface area contributed by atoms with Crippen molar-refractivity contribution in [3.63, 3.8) is 0 Å². The molecule has 0 radical (unpaired) electrons. The van der Waals surface area contributed by atoms with E-state index in [-0.39, 0.29) is 6.04 Å². The maximum atomic E-state index is 12.7. The molecule has 1 fully saturated rings. The van der Waals surface area contributed by atoms with Crippen molar-refractivity contribution >= 4 is 28.6 Å². The first kappa shape index (κ1) is 18.3. The summed E-state index contributed by atoms with van der Waals surface area (Å²) in [6, 6.07) is 2.61. The number of aromatic nitrogens is 5. The number of nitrogens with zero attached hydrogens (tertiary/aromatic N) is 6. The summed E-state index contributed by atoms with van der Waals surface area (Å²) in [4.78, 5) is 14.7. The molecule has 0 unspecified atom stereocenters. The lowest BCUT2D eigenvalue weighted by Gasteiger charge is -2.33. The van der Waals surface area contributed by atoms with Gasteiger partial charge in [-0.15, -0.1) is 0 Å². The Labute approximate surface area is 158 Å².